The largest absolute Gasteiger partial charge is 1.00 e. The van der Waals surface area contributed by atoms with Gasteiger partial charge in [0, 0.05) is 72.3 Å². The van der Waals surface area contributed by atoms with Crippen molar-refractivity contribution in [3.8, 4) is 0 Å². The predicted octanol–water partition coefficient (Wildman–Crippen LogP) is 1.42. The minimum absolute atomic E-state index is 0. The summed E-state index contributed by atoms with van der Waals surface area (Å²) >= 11 is 0. The molecule has 0 amide bonds. The zero-order valence-corrected chi connectivity index (χ0v) is 42.7. The first-order chi connectivity index (χ1) is 30.9. The Morgan fingerprint density at radius 2 is 1.12 bits per heavy atom. The summed E-state index contributed by atoms with van der Waals surface area (Å²) in [5.41, 5.74) is -0.201. The zero-order valence-electron chi connectivity index (χ0n) is 40.7. The van der Waals surface area contributed by atoms with E-state index in [9.17, 15) is 55.9 Å². The molecule has 0 aliphatic carbocycles. The van der Waals surface area contributed by atoms with Crippen LogP contribution in [0, 0.1) is 37.3 Å². The van der Waals surface area contributed by atoms with Crippen LogP contribution in [0.15, 0.2) is 22.0 Å². The van der Waals surface area contributed by atoms with E-state index < -0.39 is 77.0 Å². The molecule has 2 atom stereocenters. The molecule has 23 heteroatoms. The van der Waals surface area contributed by atoms with E-state index in [2.05, 4.69) is 27.8 Å². The summed E-state index contributed by atoms with van der Waals surface area (Å²) < 4.78 is 69.0. The van der Waals surface area contributed by atoms with Crippen LogP contribution in [0.2, 0.25) is 0 Å². The Kier molecular flexibility index (Phi) is 32.8. The third-order valence-corrected chi connectivity index (χ3v) is 9.32. The summed E-state index contributed by atoms with van der Waals surface area (Å²) in [5, 5.41) is 2.79. The summed E-state index contributed by atoms with van der Waals surface area (Å²) in [4.78, 5) is 98.5. The van der Waals surface area contributed by atoms with Gasteiger partial charge >= 0.3 is 53.4 Å². The molecule has 3 radical (unpaired) electrons. The molecular weight excluding hydrogens is 902 g/mol. The number of pyridine rings is 2. The van der Waals surface area contributed by atoms with Crippen LogP contribution < -0.4 is 46.0 Å². The summed E-state index contributed by atoms with van der Waals surface area (Å²) in [6.45, 7) is 20.4. The number of halogens is 4. The molecule has 17 nitrogen and oxygen atoms in total. The van der Waals surface area contributed by atoms with Gasteiger partial charge in [-0.05, 0) is 81.0 Å². The Morgan fingerprint density at radius 3 is 1.40 bits per heavy atom. The van der Waals surface area contributed by atoms with Gasteiger partial charge in [0.2, 0.25) is 5.97 Å². The van der Waals surface area contributed by atoms with Crippen molar-refractivity contribution in [1.82, 2.24) is 19.4 Å². The van der Waals surface area contributed by atoms with Crippen molar-refractivity contribution in [2.45, 2.75) is 126 Å². The van der Waals surface area contributed by atoms with Gasteiger partial charge in [0.15, 0.2) is 11.6 Å². The number of carbonyl (C=O) groups excluding carboxylic acids is 6. The minimum Gasteiger partial charge on any atom is -0.793 e. The van der Waals surface area contributed by atoms with E-state index >= 15 is 0 Å². The second kappa shape index (κ2) is 34.0. The van der Waals surface area contributed by atoms with Crippen LogP contribution in [0.4, 0.5) is 17.6 Å². The standard InChI is InChI=1S/C19H28F2N2O3.C16H22FNO4.C4H6O4.C3H6FN.C2H3BO2.Na/c1-5-26-19(25)16(8-12(2)3)23-9-14(13(4)17(21)18(23)24)6-7-22-10-15(20)11-22;1-5-22-16(21)13(8-10(2)3)18-9-12(6-7-19)11(4)14(17)15(18)20;1-3(5)7-8-4(2)6;4-3-1-5-2-3;1-2(4)5-3;/h9,12,15-16H,5-8,10-11H2,1-4H3;7,9-10,13H,5-6,8H2,1-4H3;1-2H3;3,5H,1-2H2;1H3;/q;;;;-1;+1. The number of aldehydes is 1. The fourth-order valence-corrected chi connectivity index (χ4v) is 5.84. The molecule has 0 aromatic carbocycles. The van der Waals surface area contributed by atoms with Crippen molar-refractivity contribution in [2.24, 2.45) is 11.8 Å². The van der Waals surface area contributed by atoms with Crippen LogP contribution in [-0.2, 0) is 65.5 Å². The van der Waals surface area contributed by atoms with Crippen molar-refractivity contribution < 1.29 is 99.8 Å². The minimum atomic E-state index is -0.933. The summed E-state index contributed by atoms with van der Waals surface area (Å²) in [6, 6.07) is -1.75. The molecule has 4 heterocycles. The van der Waals surface area contributed by atoms with Crippen molar-refractivity contribution in [2.75, 3.05) is 45.9 Å². The van der Waals surface area contributed by atoms with Gasteiger partial charge in [-0.1, -0.05) is 27.7 Å². The van der Waals surface area contributed by atoms with Gasteiger partial charge in [-0.25, -0.2) is 46.5 Å². The first-order valence-corrected chi connectivity index (χ1v) is 21.4. The second-order valence-electron chi connectivity index (χ2n) is 15.9. The first kappa shape index (κ1) is 64.7. The number of aromatic nitrogens is 2. The Labute approximate surface area is 412 Å². The van der Waals surface area contributed by atoms with E-state index in [4.69, 9.17) is 9.47 Å². The fraction of sp³-hybridized carbons (Fsp3) is 0.636. The molecule has 0 saturated carbocycles. The van der Waals surface area contributed by atoms with E-state index in [0.717, 1.165) is 18.4 Å². The van der Waals surface area contributed by atoms with E-state index in [-0.39, 0.29) is 72.2 Å². The Morgan fingerprint density at radius 1 is 0.746 bits per heavy atom. The average molecular weight is 968 g/mol. The average Bonchev–Trinajstić information content (AvgIpc) is 3.22. The van der Waals surface area contributed by atoms with Gasteiger partial charge < -0.3 is 32.3 Å². The third-order valence-electron chi connectivity index (χ3n) is 9.32. The van der Waals surface area contributed by atoms with Crippen LogP contribution in [0.5, 0.6) is 0 Å². The van der Waals surface area contributed by atoms with Crippen LogP contribution >= 0.6 is 0 Å². The number of esters is 2. The Hall–Kier alpha value is -4.38. The van der Waals surface area contributed by atoms with Crippen molar-refractivity contribution in [1.29, 1.82) is 0 Å². The van der Waals surface area contributed by atoms with Crippen LogP contribution in [-0.4, -0.2) is 116 Å². The van der Waals surface area contributed by atoms with Gasteiger partial charge in [-0.2, -0.15) is 0 Å². The molecule has 371 valence electrons. The summed E-state index contributed by atoms with van der Waals surface area (Å²) in [6.07, 6.45) is 3.47. The maximum Gasteiger partial charge on any atom is 1.00 e. The molecule has 4 rings (SSSR count). The Bertz CT molecular complexity index is 2000. The summed E-state index contributed by atoms with van der Waals surface area (Å²) in [7, 11) is 4.32. The summed E-state index contributed by atoms with van der Waals surface area (Å²) in [5.74, 6) is -4.37. The molecule has 2 aliphatic heterocycles. The third kappa shape index (κ3) is 24.5. The molecule has 2 aliphatic rings. The van der Waals surface area contributed by atoms with Crippen LogP contribution in [0.25, 0.3) is 0 Å². The number of alkyl halides is 2. The number of nitrogens with zero attached hydrogens (tertiary/aromatic N) is 3. The maximum absolute atomic E-state index is 14.5. The zero-order chi connectivity index (χ0) is 50.8. The van der Waals surface area contributed by atoms with Crippen molar-refractivity contribution in [3.63, 3.8) is 0 Å². The topological polar surface area (TPSA) is 208 Å². The van der Waals surface area contributed by atoms with E-state index in [1.807, 2.05) is 32.6 Å². The van der Waals surface area contributed by atoms with E-state index in [1.165, 1.54) is 24.6 Å². The molecule has 2 fully saturated rings. The number of ether oxygens (including phenoxy) is 2. The number of hydrogen-bond acceptors (Lipinski definition) is 15. The number of carbonyl (C=O) groups is 6. The van der Waals surface area contributed by atoms with Crippen molar-refractivity contribution >= 4 is 44.2 Å². The quantitative estimate of drug-likeness (QED) is 0.0669. The normalized spacial score (nSPS) is 13.8. The first-order valence-electron chi connectivity index (χ1n) is 21.4. The molecule has 2 aromatic rings. The number of likely N-dealkylation sites (tertiary alicyclic amines) is 1. The van der Waals surface area contributed by atoms with Gasteiger partial charge in [0.05, 0.1) is 13.2 Å². The number of nitrogens with one attached hydrogen (secondary N) is 1. The Balaban J connectivity index is 0. The van der Waals surface area contributed by atoms with Crippen LogP contribution in [0.1, 0.15) is 109 Å². The molecule has 2 aromatic heterocycles. The van der Waals surface area contributed by atoms with Gasteiger partial charge in [0.1, 0.15) is 30.7 Å². The number of rotatable bonds is 15. The molecule has 0 spiro atoms. The molecule has 0 bridgehead atoms. The van der Waals surface area contributed by atoms with Crippen LogP contribution in [0.3, 0.4) is 0 Å². The van der Waals surface area contributed by atoms with Crippen molar-refractivity contribution in [3.05, 3.63) is 67.0 Å². The SMILES string of the molecule is CC(=O)OOC(C)=O.CCOC(=O)C(CC(C)C)n1cc(CC=O)c(C)c(F)c1=O.CCOC(=O)C(CC(C)C)n1cc(CCN2CC(F)C2)c(C)c(F)c1=O.FC1CNC1.[B-]OC(C)=O.[Na+]. The van der Waals surface area contributed by atoms with Gasteiger partial charge in [0.25, 0.3) is 11.1 Å². The molecule has 67 heavy (non-hydrogen) atoms. The predicted molar refractivity (Wildman–Crippen MR) is 235 cm³/mol. The van der Waals surface area contributed by atoms with Gasteiger partial charge in [-0.15, -0.1) is 0 Å². The molecule has 2 unspecified atom stereocenters. The molecule has 1 N–H and O–H groups in total. The monoisotopic (exact) mass is 967 g/mol. The maximum atomic E-state index is 14.5. The smallest absolute Gasteiger partial charge is 0.793 e. The van der Waals surface area contributed by atoms with E-state index in [1.54, 1.807) is 27.0 Å². The van der Waals surface area contributed by atoms with Gasteiger partial charge in [-0.3, -0.25) is 28.4 Å². The fourth-order valence-electron chi connectivity index (χ4n) is 5.84. The second-order valence-corrected chi connectivity index (χ2v) is 15.9. The molecular formula is C44H65BF4N4NaO13. The number of hydrogen-bond donors (Lipinski definition) is 1. The molecule has 2 saturated heterocycles. The van der Waals surface area contributed by atoms with E-state index in [0.29, 0.717) is 69.4 Å².